The number of aliphatic hydroxyl groups excluding tert-OH is 3. The molecule has 0 aliphatic carbocycles. The first-order valence-corrected chi connectivity index (χ1v) is 9.67. The molecule has 2 aliphatic rings. The number of nitrogens with one attached hydrogen (secondary N) is 1. The number of rotatable bonds is 14. The molecule has 0 spiro atoms. The minimum atomic E-state index is -1.78. The molecule has 5 atom stereocenters. The fourth-order valence-electron chi connectivity index (χ4n) is 3.18. The van der Waals surface area contributed by atoms with Gasteiger partial charge in [0.15, 0.2) is 6.29 Å². The van der Waals surface area contributed by atoms with Crippen LogP contribution in [0.15, 0.2) is 0 Å². The highest BCUT2D eigenvalue weighted by atomic mass is 17.7. The van der Waals surface area contributed by atoms with Crippen LogP contribution < -0.4 is 5.32 Å². The molecule has 2 saturated heterocycles. The number of fused-ring (bicyclic) bond motifs is 2. The number of unbranched alkanes of at least 4 members (excludes halogenated alkanes) is 6. The monoisotopic (exact) mass is 409 g/mol. The summed E-state index contributed by atoms with van der Waals surface area (Å²) >= 11 is 0. The third-order valence-corrected chi connectivity index (χ3v) is 4.71. The summed E-state index contributed by atoms with van der Waals surface area (Å²) in [6, 6.07) is -0.937. The van der Waals surface area contributed by atoms with Crippen molar-refractivity contribution in [1.82, 2.24) is 5.32 Å². The Hall–Kier alpha value is -0.890. The zero-order chi connectivity index (χ0) is 20.4. The lowest BCUT2D eigenvalue weighted by atomic mass is 9.96. The molecule has 164 valence electrons. The Balaban J connectivity index is 1.56. The van der Waals surface area contributed by atoms with Crippen LogP contribution in [-0.2, 0) is 34.1 Å². The van der Waals surface area contributed by atoms with Crippen LogP contribution in [0.4, 0.5) is 0 Å². The third kappa shape index (κ3) is 6.58. The van der Waals surface area contributed by atoms with Crippen LogP contribution in [-0.4, -0.2) is 71.4 Å². The molecule has 0 saturated carbocycles. The van der Waals surface area contributed by atoms with Crippen molar-refractivity contribution in [3.8, 4) is 0 Å². The number of aliphatic hydroxyl groups is 3. The van der Waals surface area contributed by atoms with Gasteiger partial charge in [0.1, 0.15) is 24.9 Å². The van der Waals surface area contributed by atoms with Gasteiger partial charge in [-0.3, -0.25) is 4.79 Å². The molecule has 28 heavy (non-hydrogen) atoms. The summed E-state index contributed by atoms with van der Waals surface area (Å²) in [5.41, 5.74) is 0. The minimum absolute atomic E-state index is 0.231. The van der Waals surface area contributed by atoms with Crippen LogP contribution >= 0.6 is 0 Å². The van der Waals surface area contributed by atoms with E-state index in [2.05, 4.69) is 15.4 Å². The van der Waals surface area contributed by atoms with Gasteiger partial charge in [-0.2, -0.15) is 4.89 Å². The first-order chi connectivity index (χ1) is 13.5. The zero-order valence-corrected chi connectivity index (χ0v) is 16.1. The van der Waals surface area contributed by atoms with Crippen LogP contribution in [0.5, 0.6) is 0 Å². The van der Waals surface area contributed by atoms with Crippen molar-refractivity contribution >= 4 is 5.91 Å². The smallest absolute Gasteiger partial charge is 0.259 e. The second-order valence-corrected chi connectivity index (χ2v) is 7.01. The largest absolute Gasteiger partial charge is 0.396 e. The van der Waals surface area contributed by atoms with E-state index in [1.807, 2.05) is 0 Å². The Morgan fingerprint density at radius 2 is 1.79 bits per heavy atom. The molecular formula is C17H31NO10. The molecule has 4 N–H and O–H groups in total. The maximum Gasteiger partial charge on any atom is 0.259 e. The van der Waals surface area contributed by atoms with Crippen LogP contribution in [0.2, 0.25) is 0 Å². The summed E-state index contributed by atoms with van der Waals surface area (Å²) in [5.74, 6) is -2.18. The van der Waals surface area contributed by atoms with E-state index in [0.717, 1.165) is 44.9 Å². The molecule has 2 bridgehead atoms. The minimum Gasteiger partial charge on any atom is -0.396 e. The number of carbonyl (C=O) groups excluding carboxylic acids is 1. The molecule has 0 aromatic rings. The molecule has 0 aromatic heterocycles. The zero-order valence-electron chi connectivity index (χ0n) is 16.1. The van der Waals surface area contributed by atoms with Gasteiger partial charge in [-0.05, 0) is 22.9 Å². The fourth-order valence-corrected chi connectivity index (χ4v) is 3.18. The van der Waals surface area contributed by atoms with Crippen LogP contribution in [0, 0.1) is 0 Å². The predicted molar refractivity (Wildman–Crippen MR) is 91.8 cm³/mol. The Labute approximate surface area is 163 Å². The summed E-state index contributed by atoms with van der Waals surface area (Å²) in [6.07, 6.45) is 3.01. The van der Waals surface area contributed by atoms with Gasteiger partial charge in [0, 0.05) is 13.5 Å². The van der Waals surface area contributed by atoms with E-state index in [1.165, 1.54) is 6.92 Å². The van der Waals surface area contributed by atoms with E-state index in [9.17, 15) is 15.0 Å². The Morgan fingerprint density at radius 3 is 2.46 bits per heavy atom. The summed E-state index contributed by atoms with van der Waals surface area (Å²) in [6.45, 7) is 1.59. The molecule has 0 unspecified atom stereocenters. The van der Waals surface area contributed by atoms with Gasteiger partial charge < -0.3 is 30.1 Å². The lowest BCUT2D eigenvalue weighted by molar-refractivity contribution is -0.669. The van der Waals surface area contributed by atoms with E-state index in [1.54, 1.807) is 0 Å². The fraction of sp³-hybridized carbons (Fsp3) is 0.941. The van der Waals surface area contributed by atoms with Crippen LogP contribution in [0.25, 0.3) is 0 Å². The average molecular weight is 409 g/mol. The van der Waals surface area contributed by atoms with Crippen LogP contribution in [0.3, 0.4) is 0 Å². The first-order valence-electron chi connectivity index (χ1n) is 9.67. The van der Waals surface area contributed by atoms with E-state index < -0.39 is 36.2 Å². The molecule has 0 radical (unpaired) electrons. The van der Waals surface area contributed by atoms with Gasteiger partial charge in [-0.1, -0.05) is 32.1 Å². The molecule has 2 heterocycles. The summed E-state index contributed by atoms with van der Waals surface area (Å²) < 4.78 is 10.8. The highest BCUT2D eigenvalue weighted by molar-refractivity contribution is 5.73. The lowest BCUT2D eigenvalue weighted by Crippen LogP contribution is -2.65. The third-order valence-electron chi connectivity index (χ3n) is 4.71. The Bertz CT molecular complexity index is 467. The summed E-state index contributed by atoms with van der Waals surface area (Å²) in [4.78, 5) is 21.0. The van der Waals surface area contributed by atoms with Crippen molar-refractivity contribution in [3.63, 3.8) is 0 Å². The average Bonchev–Trinajstić information content (AvgIpc) is 3.07. The van der Waals surface area contributed by atoms with Crippen molar-refractivity contribution in [2.75, 3.05) is 19.8 Å². The molecule has 2 fully saturated rings. The van der Waals surface area contributed by atoms with Gasteiger partial charge in [-0.25, -0.2) is 4.89 Å². The topological polar surface area (TPSA) is 145 Å². The number of hydrogen-bond acceptors (Lipinski definition) is 10. The number of ether oxygens (including phenoxy) is 2. The second kappa shape index (κ2) is 12.0. The van der Waals surface area contributed by atoms with Crippen molar-refractivity contribution in [2.45, 2.75) is 82.2 Å². The predicted octanol–water partition coefficient (Wildman–Crippen LogP) is -0.170. The molecule has 11 heteroatoms. The molecular weight excluding hydrogens is 378 g/mol. The molecule has 0 aromatic carbocycles. The van der Waals surface area contributed by atoms with Crippen molar-refractivity contribution in [3.05, 3.63) is 0 Å². The second-order valence-electron chi connectivity index (χ2n) is 7.01. The molecule has 1 amide bonds. The van der Waals surface area contributed by atoms with Crippen molar-refractivity contribution < 1.29 is 49.4 Å². The number of hydrogen-bond donors (Lipinski definition) is 4. The normalized spacial score (nSPS) is 31.9. The van der Waals surface area contributed by atoms with E-state index in [-0.39, 0.29) is 13.2 Å². The number of amides is 1. The van der Waals surface area contributed by atoms with Gasteiger partial charge in [0.25, 0.3) is 5.79 Å². The molecule has 11 nitrogen and oxygen atoms in total. The lowest BCUT2D eigenvalue weighted by Gasteiger charge is -2.40. The van der Waals surface area contributed by atoms with E-state index in [4.69, 9.17) is 24.4 Å². The SMILES string of the molecule is CC(=O)N[C@H]1[C@H]2OC[C@@](OOOOCCCCCCCCCO)(O2)[C@H](O)[C@@H]1O. The highest BCUT2D eigenvalue weighted by Gasteiger charge is 2.62. The van der Waals surface area contributed by atoms with Gasteiger partial charge >= 0.3 is 0 Å². The van der Waals surface area contributed by atoms with E-state index >= 15 is 0 Å². The maximum atomic E-state index is 11.2. The Kier molecular flexibility index (Phi) is 9.99. The quantitative estimate of drug-likeness (QED) is 0.173. The maximum absolute atomic E-state index is 11.2. The highest BCUT2D eigenvalue weighted by Crippen LogP contribution is 2.38. The van der Waals surface area contributed by atoms with Gasteiger partial charge in [-0.15, -0.1) is 0 Å². The standard InChI is InChI=1S/C17H31NO10/c1-12(20)18-13-14(21)15(22)17(11-23-16(13)25-17)26-28-27-24-10-8-6-4-2-3-5-7-9-19/h13-16,19,21-22H,2-11H2,1H3,(H,18,20)/t13-,14-,15-,16+,17+/m1/s1. The summed E-state index contributed by atoms with van der Waals surface area (Å²) in [7, 11) is 0. The van der Waals surface area contributed by atoms with E-state index in [0.29, 0.717) is 6.61 Å². The Morgan fingerprint density at radius 1 is 1.11 bits per heavy atom. The van der Waals surface area contributed by atoms with Crippen LogP contribution in [0.1, 0.15) is 51.9 Å². The van der Waals surface area contributed by atoms with Crippen molar-refractivity contribution in [1.29, 1.82) is 0 Å². The van der Waals surface area contributed by atoms with Crippen molar-refractivity contribution in [2.24, 2.45) is 0 Å². The van der Waals surface area contributed by atoms with Gasteiger partial charge in [0.05, 0.1) is 6.61 Å². The number of carbonyl (C=O) groups is 1. The molecule has 2 rings (SSSR count). The van der Waals surface area contributed by atoms with Gasteiger partial charge in [0.2, 0.25) is 5.91 Å². The summed E-state index contributed by atoms with van der Waals surface area (Å²) in [5, 5.41) is 40.5. The first kappa shape index (κ1) is 23.4. The molecule has 2 aliphatic heterocycles.